The van der Waals surface area contributed by atoms with Gasteiger partial charge in [-0.2, -0.15) is 0 Å². The molecule has 2 aliphatic carbocycles. The van der Waals surface area contributed by atoms with Gasteiger partial charge < -0.3 is 9.84 Å². The van der Waals surface area contributed by atoms with Crippen LogP contribution in [0.25, 0.3) is 0 Å². The number of aliphatic hydroxyl groups is 1. The second kappa shape index (κ2) is 6.92. The minimum absolute atomic E-state index is 0.292. The summed E-state index contributed by atoms with van der Waals surface area (Å²) in [5, 5.41) is 10.5. The number of ether oxygens (including phenoxy) is 1. The van der Waals surface area contributed by atoms with E-state index in [-0.39, 0.29) is 6.10 Å². The highest BCUT2D eigenvalue weighted by Gasteiger charge is 2.61. The maximum Gasteiger partial charge on any atom is 0.0689 e. The highest BCUT2D eigenvalue weighted by molar-refractivity contribution is 5.29. The molecule has 1 aromatic rings. The molecule has 1 aromatic carbocycles. The number of hydrogen-bond acceptors (Lipinski definition) is 3. The van der Waals surface area contributed by atoms with Crippen molar-refractivity contribution in [1.82, 2.24) is 4.90 Å². The minimum Gasteiger partial charge on any atom is -0.392 e. The number of hydrogen-bond donors (Lipinski definition) is 1. The summed E-state index contributed by atoms with van der Waals surface area (Å²) in [6.07, 6.45) is 5.80. The van der Waals surface area contributed by atoms with Gasteiger partial charge in [0.25, 0.3) is 0 Å². The molecule has 2 fully saturated rings. The number of nitrogens with zero attached hydrogens (tertiary/aromatic N) is 1. The van der Waals surface area contributed by atoms with Crippen molar-refractivity contribution in [1.29, 1.82) is 0 Å². The van der Waals surface area contributed by atoms with Crippen LogP contribution in [0.2, 0.25) is 0 Å². The zero-order valence-electron chi connectivity index (χ0n) is 16.7. The Morgan fingerprint density at radius 2 is 2.00 bits per heavy atom. The van der Waals surface area contributed by atoms with Crippen LogP contribution in [-0.4, -0.2) is 41.9 Å². The molecule has 26 heavy (non-hydrogen) atoms. The van der Waals surface area contributed by atoms with E-state index in [4.69, 9.17) is 4.74 Å². The molecule has 0 saturated heterocycles. The lowest BCUT2D eigenvalue weighted by Gasteiger charge is -2.39. The molecule has 1 aliphatic heterocycles. The van der Waals surface area contributed by atoms with Crippen molar-refractivity contribution in [2.24, 2.45) is 16.7 Å². The van der Waals surface area contributed by atoms with E-state index in [1.807, 2.05) is 0 Å². The molecule has 2 saturated carbocycles. The molecule has 0 amide bonds. The average molecular weight is 358 g/mol. The van der Waals surface area contributed by atoms with Gasteiger partial charge in [0, 0.05) is 26.2 Å². The Hall–Kier alpha value is -0.900. The van der Waals surface area contributed by atoms with E-state index < -0.39 is 0 Å². The highest BCUT2D eigenvalue weighted by Crippen LogP contribution is 2.66. The fraction of sp³-hybridized carbons (Fsp3) is 0.739. The molecule has 4 rings (SSSR count). The average Bonchev–Trinajstić information content (AvgIpc) is 2.95. The molecule has 0 radical (unpaired) electrons. The zero-order valence-corrected chi connectivity index (χ0v) is 16.7. The van der Waals surface area contributed by atoms with Gasteiger partial charge in [0.1, 0.15) is 0 Å². The Bertz CT molecular complexity index is 643. The van der Waals surface area contributed by atoms with Gasteiger partial charge in [0.05, 0.1) is 12.2 Å². The van der Waals surface area contributed by atoms with Crippen molar-refractivity contribution in [3.05, 3.63) is 35.4 Å². The van der Waals surface area contributed by atoms with Gasteiger partial charge in [-0.1, -0.05) is 45.0 Å². The van der Waals surface area contributed by atoms with Crippen LogP contribution in [0.4, 0.5) is 0 Å². The van der Waals surface area contributed by atoms with Crippen molar-refractivity contribution in [2.75, 3.05) is 19.7 Å². The van der Waals surface area contributed by atoms with Crippen LogP contribution in [0, 0.1) is 16.7 Å². The van der Waals surface area contributed by atoms with Gasteiger partial charge in [0.15, 0.2) is 0 Å². The summed E-state index contributed by atoms with van der Waals surface area (Å²) in [6.45, 7) is 10.7. The topological polar surface area (TPSA) is 32.7 Å². The maximum atomic E-state index is 10.5. The molecule has 0 aromatic heterocycles. The van der Waals surface area contributed by atoms with Gasteiger partial charge in [-0.05, 0) is 60.0 Å². The summed E-state index contributed by atoms with van der Waals surface area (Å²) in [5.41, 5.74) is 3.60. The Balaban J connectivity index is 1.23. The second-order valence-corrected chi connectivity index (χ2v) is 9.67. The number of β-amino-alcohol motifs (C(OH)–C–C–N with tert-alkyl or cyclic N) is 1. The predicted octanol–water partition coefficient (Wildman–Crippen LogP) is 4.03. The first-order chi connectivity index (χ1) is 12.4. The van der Waals surface area contributed by atoms with Gasteiger partial charge in [-0.25, -0.2) is 0 Å². The smallest absolute Gasteiger partial charge is 0.0689 e. The molecular weight excluding hydrogens is 322 g/mol. The molecular formula is C23H35NO2. The van der Waals surface area contributed by atoms with E-state index in [0.717, 1.165) is 38.4 Å². The van der Waals surface area contributed by atoms with Gasteiger partial charge in [-0.3, -0.25) is 4.90 Å². The van der Waals surface area contributed by atoms with E-state index in [9.17, 15) is 5.11 Å². The van der Waals surface area contributed by atoms with E-state index in [1.54, 1.807) is 0 Å². The minimum atomic E-state index is -0.292. The molecule has 0 spiro atoms. The Labute approximate surface area is 158 Å². The van der Waals surface area contributed by atoms with Crippen LogP contribution < -0.4 is 0 Å². The Morgan fingerprint density at radius 1 is 1.23 bits per heavy atom. The van der Waals surface area contributed by atoms with E-state index in [1.165, 1.54) is 30.4 Å². The van der Waals surface area contributed by atoms with Crippen LogP contribution in [0.5, 0.6) is 0 Å². The lowest BCUT2D eigenvalue weighted by atomic mass is 9.70. The summed E-state index contributed by atoms with van der Waals surface area (Å²) < 4.78 is 6.31. The van der Waals surface area contributed by atoms with Crippen molar-refractivity contribution in [2.45, 2.75) is 71.6 Å². The third-order valence-corrected chi connectivity index (χ3v) is 8.16. The number of fused-ring (bicyclic) bond motifs is 3. The predicted molar refractivity (Wildman–Crippen MR) is 105 cm³/mol. The largest absolute Gasteiger partial charge is 0.392 e. The van der Waals surface area contributed by atoms with Gasteiger partial charge in [-0.15, -0.1) is 0 Å². The van der Waals surface area contributed by atoms with Crippen molar-refractivity contribution >= 4 is 0 Å². The van der Waals surface area contributed by atoms with E-state index in [2.05, 4.69) is 49.9 Å². The van der Waals surface area contributed by atoms with Crippen molar-refractivity contribution in [3.8, 4) is 0 Å². The SMILES string of the molecule is CC1(C)[C@H]2CC[C@@]1(C)[C@@H](OCC[C@H](O)CN1CCc3ccccc3C1)C2. The first-order valence-corrected chi connectivity index (χ1v) is 10.5. The Kier molecular flexibility index (Phi) is 4.92. The molecule has 3 heteroatoms. The van der Waals surface area contributed by atoms with Crippen LogP contribution in [0.1, 0.15) is 57.6 Å². The molecule has 4 atom stereocenters. The molecule has 1 heterocycles. The first-order valence-electron chi connectivity index (χ1n) is 10.5. The van der Waals surface area contributed by atoms with Crippen LogP contribution >= 0.6 is 0 Å². The summed E-state index contributed by atoms with van der Waals surface area (Å²) >= 11 is 0. The van der Waals surface area contributed by atoms with Crippen molar-refractivity contribution in [3.63, 3.8) is 0 Å². The van der Waals surface area contributed by atoms with E-state index >= 15 is 0 Å². The molecule has 3 aliphatic rings. The Morgan fingerprint density at radius 3 is 2.69 bits per heavy atom. The third-order valence-electron chi connectivity index (χ3n) is 8.16. The number of rotatable bonds is 6. The quantitative estimate of drug-likeness (QED) is 0.834. The number of benzene rings is 1. The molecule has 0 unspecified atom stereocenters. The van der Waals surface area contributed by atoms with Gasteiger partial charge >= 0.3 is 0 Å². The lowest BCUT2D eigenvalue weighted by molar-refractivity contribution is -0.0566. The zero-order chi connectivity index (χ0) is 18.4. The second-order valence-electron chi connectivity index (χ2n) is 9.67. The molecule has 2 bridgehead atoms. The fourth-order valence-corrected chi connectivity index (χ4v) is 5.83. The molecule has 1 N–H and O–H groups in total. The van der Waals surface area contributed by atoms with E-state index in [0.29, 0.717) is 23.5 Å². The van der Waals surface area contributed by atoms with Gasteiger partial charge in [0.2, 0.25) is 0 Å². The third kappa shape index (κ3) is 3.12. The lowest BCUT2D eigenvalue weighted by Crippen LogP contribution is -2.39. The standard InChI is InChI=1S/C23H35NO2/c1-22(2)19-8-11-23(22,3)21(14-19)26-13-10-20(25)16-24-12-9-17-6-4-5-7-18(17)15-24/h4-7,19-21,25H,8-16H2,1-3H3/t19-,20-,21-,23-/m0/s1. The molecule has 144 valence electrons. The molecule has 3 nitrogen and oxygen atoms in total. The summed E-state index contributed by atoms with van der Waals surface area (Å²) in [5.74, 6) is 0.816. The summed E-state index contributed by atoms with van der Waals surface area (Å²) in [4.78, 5) is 2.38. The van der Waals surface area contributed by atoms with Crippen LogP contribution in [0.3, 0.4) is 0 Å². The number of aliphatic hydroxyl groups excluding tert-OH is 1. The highest BCUT2D eigenvalue weighted by atomic mass is 16.5. The fourth-order valence-electron chi connectivity index (χ4n) is 5.83. The van der Waals surface area contributed by atoms with Crippen LogP contribution in [0.15, 0.2) is 24.3 Å². The monoisotopic (exact) mass is 357 g/mol. The van der Waals surface area contributed by atoms with Crippen molar-refractivity contribution < 1.29 is 9.84 Å². The first kappa shape index (κ1) is 18.5. The maximum absolute atomic E-state index is 10.5. The normalized spacial score (nSPS) is 34.0. The summed E-state index contributed by atoms with van der Waals surface area (Å²) in [7, 11) is 0. The van der Waals surface area contributed by atoms with Crippen LogP contribution in [-0.2, 0) is 17.7 Å². The summed E-state index contributed by atoms with van der Waals surface area (Å²) in [6, 6.07) is 8.69.